The lowest BCUT2D eigenvalue weighted by atomic mass is 10.1. The molecule has 0 unspecified atom stereocenters. The smallest absolute Gasteiger partial charge is 0.234 e. The van der Waals surface area contributed by atoms with Gasteiger partial charge >= 0.3 is 0 Å². The highest BCUT2D eigenvalue weighted by Crippen LogP contribution is 2.07. The molecule has 2 amide bonds. The normalized spacial score (nSPS) is 16.0. The molecule has 2 rings (SSSR count). The highest BCUT2D eigenvalue weighted by Gasteiger charge is 2.18. The van der Waals surface area contributed by atoms with Crippen molar-refractivity contribution in [3.05, 3.63) is 35.4 Å². The van der Waals surface area contributed by atoms with E-state index in [1.54, 1.807) is 6.92 Å². The lowest BCUT2D eigenvalue weighted by molar-refractivity contribution is -0.128. The van der Waals surface area contributed by atoms with E-state index in [1.165, 1.54) is 11.1 Å². The fourth-order valence-corrected chi connectivity index (χ4v) is 2.93. The Kier molecular flexibility index (Phi) is 6.59. The molecule has 126 valence electrons. The van der Waals surface area contributed by atoms with E-state index < -0.39 is 0 Å². The van der Waals surface area contributed by atoms with Crippen molar-refractivity contribution in [2.24, 2.45) is 0 Å². The van der Waals surface area contributed by atoms with Crippen molar-refractivity contribution < 1.29 is 9.59 Å². The minimum Gasteiger partial charge on any atom is -0.355 e. The van der Waals surface area contributed by atoms with Crippen LogP contribution in [0.1, 0.15) is 24.5 Å². The Balaban J connectivity index is 1.70. The number of aryl methyl sites for hydroxylation is 1. The van der Waals surface area contributed by atoms with Crippen LogP contribution in [0.3, 0.4) is 0 Å². The molecule has 0 aromatic heterocycles. The Morgan fingerprint density at radius 2 is 1.91 bits per heavy atom. The van der Waals surface area contributed by atoms with Gasteiger partial charge in [0.2, 0.25) is 11.8 Å². The summed E-state index contributed by atoms with van der Waals surface area (Å²) in [5.74, 6) is 0.185. The summed E-state index contributed by atoms with van der Waals surface area (Å²) in [4.78, 5) is 27.5. The van der Waals surface area contributed by atoms with Crippen molar-refractivity contribution in [1.29, 1.82) is 0 Å². The minimum atomic E-state index is 0.0647. The summed E-state index contributed by atoms with van der Waals surface area (Å²) in [6.45, 7) is 7.92. The van der Waals surface area contributed by atoms with E-state index in [-0.39, 0.29) is 11.8 Å². The maximum absolute atomic E-state index is 12.1. The fourth-order valence-electron chi connectivity index (χ4n) is 2.93. The molecule has 0 radical (unpaired) electrons. The monoisotopic (exact) mass is 317 g/mol. The van der Waals surface area contributed by atoms with E-state index in [2.05, 4.69) is 29.3 Å². The van der Waals surface area contributed by atoms with E-state index >= 15 is 0 Å². The van der Waals surface area contributed by atoms with Crippen LogP contribution < -0.4 is 5.32 Å². The second kappa shape index (κ2) is 8.67. The summed E-state index contributed by atoms with van der Waals surface area (Å²) in [5.41, 5.74) is 2.54. The van der Waals surface area contributed by atoms with E-state index in [4.69, 9.17) is 0 Å². The van der Waals surface area contributed by atoms with Crippen LogP contribution in [0.15, 0.2) is 24.3 Å². The molecule has 1 heterocycles. The van der Waals surface area contributed by atoms with Crippen molar-refractivity contribution in [1.82, 2.24) is 15.1 Å². The van der Waals surface area contributed by atoms with Crippen molar-refractivity contribution in [3.63, 3.8) is 0 Å². The van der Waals surface area contributed by atoms with Gasteiger partial charge in [-0.25, -0.2) is 0 Å². The molecule has 1 N–H and O–H groups in total. The van der Waals surface area contributed by atoms with Crippen LogP contribution in [0, 0.1) is 6.92 Å². The molecule has 5 heteroatoms. The predicted octanol–water partition coefficient (Wildman–Crippen LogP) is 1.21. The Labute approximate surface area is 138 Å². The van der Waals surface area contributed by atoms with Crippen LogP contribution in [0.2, 0.25) is 0 Å². The first-order valence-electron chi connectivity index (χ1n) is 8.35. The Morgan fingerprint density at radius 3 is 2.65 bits per heavy atom. The van der Waals surface area contributed by atoms with Gasteiger partial charge < -0.3 is 10.2 Å². The van der Waals surface area contributed by atoms with E-state index in [0.29, 0.717) is 19.6 Å². The van der Waals surface area contributed by atoms with Crippen LogP contribution in [-0.2, 0) is 16.0 Å². The second-order valence-electron chi connectivity index (χ2n) is 6.16. The number of rotatable bonds is 5. The Hall–Kier alpha value is -1.88. The molecule has 1 aromatic rings. The van der Waals surface area contributed by atoms with Crippen LogP contribution in [0.25, 0.3) is 0 Å². The van der Waals surface area contributed by atoms with Gasteiger partial charge in [0, 0.05) is 39.6 Å². The molecule has 0 spiro atoms. The second-order valence-corrected chi connectivity index (χ2v) is 6.16. The molecule has 5 nitrogen and oxygen atoms in total. The summed E-state index contributed by atoms with van der Waals surface area (Å²) in [5, 5.41) is 3.00. The van der Waals surface area contributed by atoms with Gasteiger partial charge in [0.25, 0.3) is 0 Å². The summed E-state index contributed by atoms with van der Waals surface area (Å²) < 4.78 is 0. The molecule has 23 heavy (non-hydrogen) atoms. The quantitative estimate of drug-likeness (QED) is 0.888. The molecular weight excluding hydrogens is 290 g/mol. The largest absolute Gasteiger partial charge is 0.355 e. The van der Waals surface area contributed by atoms with Gasteiger partial charge in [0.1, 0.15) is 0 Å². The topological polar surface area (TPSA) is 52.7 Å². The number of amides is 2. The zero-order chi connectivity index (χ0) is 16.7. The highest BCUT2D eigenvalue weighted by molar-refractivity contribution is 5.78. The summed E-state index contributed by atoms with van der Waals surface area (Å²) in [6.07, 6.45) is 1.78. The number of carbonyl (C=O) groups excluding carboxylic acids is 2. The summed E-state index contributed by atoms with van der Waals surface area (Å²) in [6, 6.07) is 8.26. The standard InChI is InChI=1S/C18H27N3O2/c1-15-6-3-4-7-17(15)8-9-19-18(23)14-20-10-5-11-21(13-12-20)16(2)22/h3-4,6-7H,5,8-14H2,1-2H3,(H,19,23). The number of benzene rings is 1. The van der Waals surface area contributed by atoms with E-state index in [1.807, 2.05) is 17.0 Å². The van der Waals surface area contributed by atoms with Gasteiger partial charge in [-0.1, -0.05) is 24.3 Å². The van der Waals surface area contributed by atoms with Gasteiger partial charge in [0.05, 0.1) is 6.54 Å². The first-order valence-corrected chi connectivity index (χ1v) is 8.35. The molecule has 0 aliphatic carbocycles. The summed E-state index contributed by atoms with van der Waals surface area (Å²) >= 11 is 0. The zero-order valence-corrected chi connectivity index (χ0v) is 14.2. The number of hydrogen-bond donors (Lipinski definition) is 1. The average molecular weight is 317 g/mol. The van der Waals surface area contributed by atoms with Crippen LogP contribution in [0.4, 0.5) is 0 Å². The van der Waals surface area contributed by atoms with Crippen LogP contribution in [0.5, 0.6) is 0 Å². The van der Waals surface area contributed by atoms with Crippen molar-refractivity contribution in [2.75, 3.05) is 39.3 Å². The zero-order valence-electron chi connectivity index (χ0n) is 14.2. The Bertz CT molecular complexity index is 545. The third kappa shape index (κ3) is 5.67. The first-order chi connectivity index (χ1) is 11.1. The lowest BCUT2D eigenvalue weighted by Gasteiger charge is -2.20. The third-order valence-corrected chi connectivity index (χ3v) is 4.38. The summed E-state index contributed by atoms with van der Waals surface area (Å²) in [7, 11) is 0. The molecule has 1 aromatic carbocycles. The lowest BCUT2D eigenvalue weighted by Crippen LogP contribution is -2.40. The predicted molar refractivity (Wildman–Crippen MR) is 91.2 cm³/mol. The van der Waals surface area contributed by atoms with Gasteiger partial charge in [-0.2, -0.15) is 0 Å². The first kappa shape index (κ1) is 17.5. The SMILES string of the molecule is CC(=O)N1CCCN(CC(=O)NCCc2ccccc2C)CC1. The Morgan fingerprint density at radius 1 is 1.13 bits per heavy atom. The molecule has 1 fully saturated rings. The van der Waals surface area contributed by atoms with Crippen molar-refractivity contribution in [3.8, 4) is 0 Å². The molecular formula is C18H27N3O2. The maximum Gasteiger partial charge on any atom is 0.234 e. The van der Waals surface area contributed by atoms with Gasteiger partial charge in [-0.15, -0.1) is 0 Å². The maximum atomic E-state index is 12.1. The molecule has 1 aliphatic rings. The number of carbonyl (C=O) groups is 2. The number of nitrogens with one attached hydrogen (secondary N) is 1. The molecule has 1 saturated heterocycles. The average Bonchev–Trinajstić information content (AvgIpc) is 2.75. The number of hydrogen-bond acceptors (Lipinski definition) is 3. The van der Waals surface area contributed by atoms with Crippen LogP contribution in [-0.4, -0.2) is 60.9 Å². The van der Waals surface area contributed by atoms with Gasteiger partial charge in [-0.05, 0) is 30.9 Å². The minimum absolute atomic E-state index is 0.0647. The molecule has 0 bridgehead atoms. The van der Waals surface area contributed by atoms with E-state index in [0.717, 1.165) is 32.5 Å². The highest BCUT2D eigenvalue weighted by atomic mass is 16.2. The van der Waals surface area contributed by atoms with Crippen LogP contribution >= 0.6 is 0 Å². The molecule has 1 aliphatic heterocycles. The third-order valence-electron chi connectivity index (χ3n) is 4.38. The van der Waals surface area contributed by atoms with Gasteiger partial charge in [0.15, 0.2) is 0 Å². The molecule has 0 saturated carbocycles. The fraction of sp³-hybridized carbons (Fsp3) is 0.556. The van der Waals surface area contributed by atoms with Crippen molar-refractivity contribution >= 4 is 11.8 Å². The van der Waals surface area contributed by atoms with E-state index in [9.17, 15) is 9.59 Å². The molecule has 0 atom stereocenters. The van der Waals surface area contributed by atoms with Gasteiger partial charge in [-0.3, -0.25) is 14.5 Å². The number of nitrogens with zero attached hydrogens (tertiary/aromatic N) is 2. The van der Waals surface area contributed by atoms with Crippen molar-refractivity contribution in [2.45, 2.75) is 26.7 Å².